The van der Waals surface area contributed by atoms with Gasteiger partial charge in [0, 0.05) is 18.6 Å². The summed E-state index contributed by atoms with van der Waals surface area (Å²) in [5.74, 6) is -0.161. The highest BCUT2D eigenvalue weighted by molar-refractivity contribution is 5.56. The Morgan fingerprint density at radius 2 is 1.95 bits per heavy atom. The molecule has 1 aromatic carbocycles. The van der Waals surface area contributed by atoms with Crippen LogP contribution in [0.3, 0.4) is 0 Å². The van der Waals surface area contributed by atoms with Crippen LogP contribution in [0.5, 0.6) is 0 Å². The first-order chi connectivity index (χ1) is 9.02. The minimum Gasteiger partial charge on any atom is -0.366 e. The summed E-state index contributed by atoms with van der Waals surface area (Å²) in [6.45, 7) is 9.23. The first kappa shape index (κ1) is 16.0. The fourth-order valence-electron chi connectivity index (χ4n) is 2.30. The van der Waals surface area contributed by atoms with Gasteiger partial charge in [-0.25, -0.2) is 4.39 Å². The van der Waals surface area contributed by atoms with Crippen LogP contribution in [0.4, 0.5) is 10.1 Å². The van der Waals surface area contributed by atoms with E-state index in [1.807, 2.05) is 13.0 Å². The Kier molecular flexibility index (Phi) is 6.29. The molecule has 1 aromatic rings. The molecule has 0 saturated heterocycles. The third-order valence-corrected chi connectivity index (χ3v) is 3.67. The normalized spacial score (nSPS) is 14.2. The van der Waals surface area contributed by atoms with E-state index in [1.54, 1.807) is 6.07 Å². The molecule has 2 nitrogen and oxygen atoms in total. The van der Waals surface area contributed by atoms with Gasteiger partial charge < -0.3 is 10.6 Å². The van der Waals surface area contributed by atoms with Crippen molar-refractivity contribution in [2.24, 2.45) is 5.73 Å². The van der Waals surface area contributed by atoms with E-state index >= 15 is 0 Å². The number of nitrogens with zero attached hydrogens (tertiary/aromatic N) is 1. The van der Waals surface area contributed by atoms with Crippen molar-refractivity contribution in [2.75, 3.05) is 11.4 Å². The summed E-state index contributed by atoms with van der Waals surface area (Å²) in [6, 6.07) is 5.37. The molecule has 19 heavy (non-hydrogen) atoms. The van der Waals surface area contributed by atoms with Crippen molar-refractivity contribution < 1.29 is 4.39 Å². The van der Waals surface area contributed by atoms with E-state index in [-0.39, 0.29) is 11.9 Å². The molecule has 0 fully saturated rings. The van der Waals surface area contributed by atoms with Gasteiger partial charge in [0.2, 0.25) is 0 Å². The highest BCUT2D eigenvalue weighted by atomic mass is 19.1. The monoisotopic (exact) mass is 266 g/mol. The smallest absolute Gasteiger partial charge is 0.146 e. The van der Waals surface area contributed by atoms with E-state index in [2.05, 4.69) is 25.7 Å². The number of nitrogens with two attached hydrogens (primary N) is 1. The predicted molar refractivity (Wildman–Crippen MR) is 81.0 cm³/mol. The van der Waals surface area contributed by atoms with Crippen LogP contribution in [0, 0.1) is 5.82 Å². The van der Waals surface area contributed by atoms with E-state index < -0.39 is 0 Å². The lowest BCUT2D eigenvalue weighted by atomic mass is 10.0. The van der Waals surface area contributed by atoms with Crippen LogP contribution in [0.1, 0.15) is 58.6 Å². The second-order valence-electron chi connectivity index (χ2n) is 5.27. The zero-order valence-electron chi connectivity index (χ0n) is 12.6. The van der Waals surface area contributed by atoms with Gasteiger partial charge in [-0.2, -0.15) is 0 Å². The average Bonchev–Trinajstić information content (AvgIpc) is 2.39. The Morgan fingerprint density at radius 3 is 2.47 bits per heavy atom. The first-order valence-corrected chi connectivity index (χ1v) is 7.33. The molecule has 3 heteroatoms. The van der Waals surface area contributed by atoms with Crippen molar-refractivity contribution in [1.29, 1.82) is 0 Å². The van der Waals surface area contributed by atoms with Gasteiger partial charge in [-0.15, -0.1) is 0 Å². The lowest BCUT2D eigenvalue weighted by Gasteiger charge is -2.33. The number of rotatable bonds is 7. The van der Waals surface area contributed by atoms with Gasteiger partial charge in [0.25, 0.3) is 0 Å². The van der Waals surface area contributed by atoms with Crippen molar-refractivity contribution in [3.63, 3.8) is 0 Å². The Hall–Kier alpha value is -1.09. The fraction of sp³-hybridized carbons (Fsp3) is 0.625. The van der Waals surface area contributed by atoms with Crippen molar-refractivity contribution >= 4 is 5.69 Å². The second kappa shape index (κ2) is 7.49. The van der Waals surface area contributed by atoms with E-state index in [0.717, 1.165) is 31.4 Å². The average molecular weight is 266 g/mol. The summed E-state index contributed by atoms with van der Waals surface area (Å²) in [7, 11) is 0. The van der Waals surface area contributed by atoms with Gasteiger partial charge in [-0.05, 0) is 38.3 Å². The Bertz CT molecular complexity index is 390. The molecule has 2 unspecified atom stereocenters. The van der Waals surface area contributed by atoms with Crippen LogP contribution >= 0.6 is 0 Å². The van der Waals surface area contributed by atoms with Crippen molar-refractivity contribution in [3.05, 3.63) is 29.6 Å². The number of anilines is 1. The van der Waals surface area contributed by atoms with Crippen molar-refractivity contribution in [3.8, 4) is 0 Å². The van der Waals surface area contributed by atoms with Gasteiger partial charge in [0.1, 0.15) is 5.82 Å². The topological polar surface area (TPSA) is 29.3 Å². The summed E-state index contributed by atoms with van der Waals surface area (Å²) in [6.07, 6.45) is 3.17. The van der Waals surface area contributed by atoms with Crippen LogP contribution in [0.15, 0.2) is 18.2 Å². The van der Waals surface area contributed by atoms with E-state index in [1.165, 1.54) is 6.07 Å². The largest absolute Gasteiger partial charge is 0.366 e. The van der Waals surface area contributed by atoms with Gasteiger partial charge in [0.15, 0.2) is 0 Å². The molecule has 0 aliphatic heterocycles. The quantitative estimate of drug-likeness (QED) is 0.799. The molecular weight excluding hydrogens is 239 g/mol. The Morgan fingerprint density at radius 1 is 1.26 bits per heavy atom. The van der Waals surface area contributed by atoms with Crippen LogP contribution < -0.4 is 10.6 Å². The highest BCUT2D eigenvalue weighted by Gasteiger charge is 2.21. The summed E-state index contributed by atoms with van der Waals surface area (Å²) < 4.78 is 14.3. The predicted octanol–water partition coefficient (Wildman–Crippen LogP) is 4.25. The van der Waals surface area contributed by atoms with Crippen LogP contribution in [-0.4, -0.2) is 12.6 Å². The number of unbranched alkanes of at least 4 members (excludes halogenated alkanes) is 1. The second-order valence-corrected chi connectivity index (χ2v) is 5.27. The summed E-state index contributed by atoms with van der Waals surface area (Å²) >= 11 is 0. The minimum atomic E-state index is -0.161. The van der Waals surface area contributed by atoms with Gasteiger partial charge in [-0.3, -0.25) is 0 Å². The molecule has 0 aliphatic carbocycles. The minimum absolute atomic E-state index is 0.154. The van der Waals surface area contributed by atoms with E-state index in [9.17, 15) is 4.39 Å². The lowest BCUT2D eigenvalue weighted by molar-refractivity contribution is 0.558. The standard InChI is InChI=1S/C16H27FN2/c1-5-7-11-19(12(3)6-2)16-14(13(4)18)9-8-10-15(16)17/h8-10,12-13H,5-7,11,18H2,1-4H3. The Balaban J connectivity index is 3.20. The molecule has 0 aromatic heterocycles. The maximum atomic E-state index is 14.3. The number of para-hydroxylation sites is 1. The first-order valence-electron chi connectivity index (χ1n) is 7.33. The van der Waals surface area contributed by atoms with Gasteiger partial charge in [0.05, 0.1) is 5.69 Å². The number of halogens is 1. The van der Waals surface area contributed by atoms with E-state index in [4.69, 9.17) is 5.73 Å². The number of hydrogen-bond acceptors (Lipinski definition) is 2. The maximum absolute atomic E-state index is 14.3. The van der Waals surface area contributed by atoms with Crippen LogP contribution in [-0.2, 0) is 0 Å². The molecule has 0 spiro atoms. The molecule has 108 valence electrons. The molecule has 1 rings (SSSR count). The zero-order chi connectivity index (χ0) is 14.4. The molecule has 0 aliphatic rings. The number of hydrogen-bond donors (Lipinski definition) is 1. The fourth-order valence-corrected chi connectivity index (χ4v) is 2.30. The molecule has 0 bridgehead atoms. The molecule has 0 amide bonds. The molecule has 2 N–H and O–H groups in total. The van der Waals surface area contributed by atoms with Gasteiger partial charge in [-0.1, -0.05) is 32.4 Å². The van der Waals surface area contributed by atoms with Crippen molar-refractivity contribution in [1.82, 2.24) is 0 Å². The van der Waals surface area contributed by atoms with Crippen LogP contribution in [0.25, 0.3) is 0 Å². The molecule has 0 saturated carbocycles. The summed E-state index contributed by atoms with van der Waals surface area (Å²) in [4.78, 5) is 2.18. The zero-order valence-corrected chi connectivity index (χ0v) is 12.6. The third-order valence-electron chi connectivity index (χ3n) is 3.67. The summed E-state index contributed by atoms with van der Waals surface area (Å²) in [5.41, 5.74) is 7.59. The molecular formula is C16H27FN2. The highest BCUT2D eigenvalue weighted by Crippen LogP contribution is 2.30. The maximum Gasteiger partial charge on any atom is 0.146 e. The molecule has 0 radical (unpaired) electrons. The van der Waals surface area contributed by atoms with Gasteiger partial charge >= 0.3 is 0 Å². The Labute approximate surface area is 116 Å². The lowest BCUT2D eigenvalue weighted by Crippen LogP contribution is -2.35. The number of benzene rings is 1. The third kappa shape index (κ3) is 3.93. The molecule has 2 atom stereocenters. The van der Waals surface area contributed by atoms with E-state index in [0.29, 0.717) is 11.7 Å². The van der Waals surface area contributed by atoms with Crippen molar-refractivity contribution in [2.45, 2.75) is 59.0 Å². The summed E-state index contributed by atoms with van der Waals surface area (Å²) in [5, 5.41) is 0. The SMILES string of the molecule is CCCCN(c1c(F)cccc1C(C)N)C(C)CC. The molecule has 0 heterocycles. The van der Waals surface area contributed by atoms with Crippen LogP contribution in [0.2, 0.25) is 0 Å².